The van der Waals surface area contributed by atoms with E-state index < -0.39 is 0 Å². The molecular formula is C9H19NO2. The smallest absolute Gasteiger partial charge is 0.0584 e. The van der Waals surface area contributed by atoms with Crippen LogP contribution >= 0.6 is 0 Å². The van der Waals surface area contributed by atoms with E-state index in [1.165, 1.54) is 6.42 Å². The van der Waals surface area contributed by atoms with Gasteiger partial charge in [0.05, 0.1) is 6.61 Å². The highest BCUT2D eigenvalue weighted by molar-refractivity contribution is 4.80. The van der Waals surface area contributed by atoms with Crippen LogP contribution in [0.4, 0.5) is 0 Å². The molecule has 12 heavy (non-hydrogen) atoms. The van der Waals surface area contributed by atoms with Gasteiger partial charge in [0.2, 0.25) is 0 Å². The van der Waals surface area contributed by atoms with Gasteiger partial charge in [0, 0.05) is 19.8 Å². The number of hydrogen-bond donors (Lipinski definition) is 2. The van der Waals surface area contributed by atoms with E-state index in [4.69, 9.17) is 9.84 Å². The summed E-state index contributed by atoms with van der Waals surface area (Å²) in [6, 6.07) is 0.345. The van der Waals surface area contributed by atoms with E-state index in [1.807, 2.05) is 0 Å². The summed E-state index contributed by atoms with van der Waals surface area (Å²) < 4.78 is 4.99. The van der Waals surface area contributed by atoms with E-state index >= 15 is 0 Å². The van der Waals surface area contributed by atoms with Crippen molar-refractivity contribution in [2.24, 2.45) is 5.92 Å². The third kappa shape index (κ3) is 3.09. The van der Waals surface area contributed by atoms with E-state index in [9.17, 15) is 0 Å². The molecule has 0 amide bonds. The molecule has 1 aliphatic heterocycles. The minimum Gasteiger partial charge on any atom is -0.395 e. The lowest BCUT2D eigenvalue weighted by Gasteiger charge is -2.07. The zero-order valence-electron chi connectivity index (χ0n) is 7.75. The minimum atomic E-state index is 0.279. The Morgan fingerprint density at radius 3 is 3.00 bits per heavy atom. The van der Waals surface area contributed by atoms with Crippen molar-refractivity contribution in [2.45, 2.75) is 25.3 Å². The average molecular weight is 173 g/mol. The molecular weight excluding hydrogens is 154 g/mol. The first-order valence-corrected chi connectivity index (χ1v) is 4.70. The third-order valence-electron chi connectivity index (χ3n) is 2.49. The summed E-state index contributed by atoms with van der Waals surface area (Å²) in [5.74, 6) is 0.747. The second-order valence-electron chi connectivity index (χ2n) is 3.52. The number of nitrogens with one attached hydrogen (secondary N) is 1. The predicted octanol–water partition coefficient (Wildman–Crippen LogP) is 0.383. The Hall–Kier alpha value is -0.120. The van der Waals surface area contributed by atoms with Gasteiger partial charge in [-0.3, -0.25) is 0 Å². The highest BCUT2D eigenvalue weighted by atomic mass is 16.5. The predicted molar refractivity (Wildman–Crippen MR) is 48.1 cm³/mol. The highest BCUT2D eigenvalue weighted by Gasteiger charge is 2.22. The van der Waals surface area contributed by atoms with E-state index in [-0.39, 0.29) is 6.61 Å². The van der Waals surface area contributed by atoms with Gasteiger partial charge in [-0.05, 0) is 31.7 Å². The van der Waals surface area contributed by atoms with Crippen LogP contribution in [0.2, 0.25) is 0 Å². The van der Waals surface area contributed by atoms with E-state index in [0.29, 0.717) is 6.04 Å². The molecule has 2 unspecified atom stereocenters. The number of methoxy groups -OCH3 is 1. The van der Waals surface area contributed by atoms with Crippen molar-refractivity contribution in [3.8, 4) is 0 Å². The molecule has 0 radical (unpaired) electrons. The second kappa shape index (κ2) is 5.51. The van der Waals surface area contributed by atoms with Crippen LogP contribution in [0.15, 0.2) is 0 Å². The molecule has 2 N–H and O–H groups in total. The molecule has 0 spiro atoms. The van der Waals surface area contributed by atoms with Crippen LogP contribution in [0.5, 0.6) is 0 Å². The fourth-order valence-electron chi connectivity index (χ4n) is 1.78. The third-order valence-corrected chi connectivity index (χ3v) is 2.49. The molecule has 0 aliphatic carbocycles. The van der Waals surface area contributed by atoms with Crippen molar-refractivity contribution in [3.05, 3.63) is 0 Å². The normalized spacial score (nSPS) is 29.5. The molecule has 0 aromatic carbocycles. The quantitative estimate of drug-likeness (QED) is 0.591. The maximum atomic E-state index is 8.87. The van der Waals surface area contributed by atoms with E-state index in [0.717, 1.165) is 31.9 Å². The van der Waals surface area contributed by atoms with Crippen LogP contribution in [0.3, 0.4) is 0 Å². The van der Waals surface area contributed by atoms with Gasteiger partial charge in [0.15, 0.2) is 0 Å². The first-order valence-electron chi connectivity index (χ1n) is 4.70. The number of ether oxygens (including phenoxy) is 1. The van der Waals surface area contributed by atoms with Gasteiger partial charge < -0.3 is 15.2 Å². The molecule has 1 saturated heterocycles. The number of aliphatic hydroxyl groups is 1. The Bertz CT molecular complexity index is 119. The van der Waals surface area contributed by atoms with Gasteiger partial charge in [0.25, 0.3) is 0 Å². The molecule has 0 aromatic heterocycles. The fourth-order valence-corrected chi connectivity index (χ4v) is 1.78. The molecule has 0 aromatic rings. The zero-order chi connectivity index (χ0) is 8.81. The van der Waals surface area contributed by atoms with Crippen molar-refractivity contribution < 1.29 is 9.84 Å². The van der Waals surface area contributed by atoms with Gasteiger partial charge in [-0.15, -0.1) is 0 Å². The van der Waals surface area contributed by atoms with Gasteiger partial charge in [-0.1, -0.05) is 0 Å². The number of hydrogen-bond acceptors (Lipinski definition) is 3. The summed E-state index contributed by atoms with van der Waals surface area (Å²) in [6.07, 6.45) is 3.48. The molecule has 0 bridgehead atoms. The Labute approximate surface area is 74.1 Å². The van der Waals surface area contributed by atoms with Gasteiger partial charge in [-0.2, -0.15) is 0 Å². The Morgan fingerprint density at radius 1 is 1.58 bits per heavy atom. The van der Waals surface area contributed by atoms with Gasteiger partial charge in [0.1, 0.15) is 0 Å². The summed E-state index contributed by atoms with van der Waals surface area (Å²) in [7, 11) is 1.74. The molecule has 1 heterocycles. The summed E-state index contributed by atoms with van der Waals surface area (Å²) in [5.41, 5.74) is 0. The first-order chi connectivity index (χ1) is 5.86. The average Bonchev–Trinajstić information content (AvgIpc) is 2.53. The lowest BCUT2D eigenvalue weighted by molar-refractivity contribution is 0.187. The van der Waals surface area contributed by atoms with Crippen molar-refractivity contribution in [2.75, 3.05) is 26.9 Å². The van der Waals surface area contributed by atoms with E-state index in [2.05, 4.69) is 5.32 Å². The Morgan fingerprint density at radius 2 is 2.42 bits per heavy atom. The van der Waals surface area contributed by atoms with Gasteiger partial charge >= 0.3 is 0 Å². The van der Waals surface area contributed by atoms with Crippen LogP contribution in [0.25, 0.3) is 0 Å². The highest BCUT2D eigenvalue weighted by Crippen LogP contribution is 2.18. The van der Waals surface area contributed by atoms with Gasteiger partial charge in [-0.25, -0.2) is 0 Å². The largest absolute Gasteiger partial charge is 0.395 e. The van der Waals surface area contributed by atoms with Crippen LogP contribution in [-0.4, -0.2) is 38.0 Å². The molecule has 0 saturated carbocycles. The number of rotatable bonds is 5. The standard InChI is InChI=1S/C9H19NO2/c1-12-4-2-3-8-5-9(7-11)10-6-8/h8-11H,2-7H2,1H3. The Kier molecular flexibility index (Phi) is 4.58. The van der Waals surface area contributed by atoms with Crippen molar-refractivity contribution in [3.63, 3.8) is 0 Å². The summed E-state index contributed by atoms with van der Waals surface area (Å²) >= 11 is 0. The summed E-state index contributed by atoms with van der Waals surface area (Å²) in [5, 5.41) is 12.2. The molecule has 72 valence electrons. The SMILES string of the molecule is COCCCC1CNC(CO)C1. The maximum absolute atomic E-state index is 8.87. The number of aliphatic hydroxyl groups excluding tert-OH is 1. The molecule has 1 fully saturated rings. The maximum Gasteiger partial charge on any atom is 0.0584 e. The molecule has 3 heteroatoms. The van der Waals surface area contributed by atoms with Crippen LogP contribution in [-0.2, 0) is 4.74 Å². The Balaban J connectivity index is 2.03. The summed E-state index contributed by atoms with van der Waals surface area (Å²) in [4.78, 5) is 0. The van der Waals surface area contributed by atoms with Crippen LogP contribution in [0, 0.1) is 5.92 Å². The lowest BCUT2D eigenvalue weighted by atomic mass is 10.0. The monoisotopic (exact) mass is 173 g/mol. The molecule has 1 rings (SSSR count). The molecule has 1 aliphatic rings. The van der Waals surface area contributed by atoms with Crippen LogP contribution in [0.1, 0.15) is 19.3 Å². The topological polar surface area (TPSA) is 41.5 Å². The summed E-state index contributed by atoms with van der Waals surface area (Å²) in [6.45, 7) is 2.20. The lowest BCUT2D eigenvalue weighted by Crippen LogP contribution is -2.24. The molecule has 2 atom stereocenters. The van der Waals surface area contributed by atoms with Crippen molar-refractivity contribution in [1.29, 1.82) is 0 Å². The minimum absolute atomic E-state index is 0.279. The van der Waals surface area contributed by atoms with Crippen molar-refractivity contribution >= 4 is 0 Å². The van der Waals surface area contributed by atoms with Crippen LogP contribution < -0.4 is 5.32 Å². The van der Waals surface area contributed by atoms with Crippen molar-refractivity contribution in [1.82, 2.24) is 5.32 Å². The second-order valence-corrected chi connectivity index (χ2v) is 3.52. The first kappa shape index (κ1) is 9.96. The van der Waals surface area contributed by atoms with E-state index in [1.54, 1.807) is 7.11 Å². The zero-order valence-corrected chi connectivity index (χ0v) is 7.75. The fraction of sp³-hybridized carbons (Fsp3) is 1.00. The molecule has 3 nitrogen and oxygen atoms in total.